The van der Waals surface area contributed by atoms with Crippen LogP contribution in [0.3, 0.4) is 0 Å². The van der Waals surface area contributed by atoms with E-state index in [9.17, 15) is 0 Å². The molecular weight excluding hydrogens is 354 g/mol. The Labute approximate surface area is 182 Å². The summed E-state index contributed by atoms with van der Waals surface area (Å²) in [5.74, 6) is 5.56. The highest BCUT2D eigenvalue weighted by molar-refractivity contribution is 4.83. The van der Waals surface area contributed by atoms with E-state index in [0.717, 1.165) is 48.7 Å². The van der Waals surface area contributed by atoms with Gasteiger partial charge in [0.05, 0.1) is 0 Å². The molecule has 0 bridgehead atoms. The van der Waals surface area contributed by atoms with Gasteiger partial charge in [-0.2, -0.15) is 0 Å². The van der Waals surface area contributed by atoms with Gasteiger partial charge in [-0.15, -0.1) is 0 Å². The monoisotopic (exact) mass is 407 g/mol. The molecule has 3 unspecified atom stereocenters. The lowest BCUT2D eigenvalue weighted by Crippen LogP contribution is -2.40. The molecule has 4 N–H and O–H groups in total. The molecule has 3 nitrogen and oxygen atoms in total. The van der Waals surface area contributed by atoms with Crippen LogP contribution in [0, 0.1) is 35.5 Å². The molecule has 0 radical (unpaired) electrons. The molecule has 3 fully saturated rings. The average Bonchev–Trinajstić information content (AvgIpc) is 2.71. The van der Waals surface area contributed by atoms with Crippen molar-refractivity contribution < 1.29 is 0 Å². The largest absolute Gasteiger partial charge is 0.330 e. The SMILES string of the molecule is CC1CCC(C(CN)CNC(C)C)CC1.CC1CCC(C2CCC(C)NC2)CC1. The van der Waals surface area contributed by atoms with Crippen LogP contribution in [-0.2, 0) is 0 Å². The predicted octanol–water partition coefficient (Wildman–Crippen LogP) is 5.59. The minimum atomic E-state index is 0.585. The maximum atomic E-state index is 5.88. The van der Waals surface area contributed by atoms with Crippen molar-refractivity contribution in [3.8, 4) is 0 Å². The van der Waals surface area contributed by atoms with Crippen LogP contribution in [-0.4, -0.2) is 31.7 Å². The maximum Gasteiger partial charge on any atom is 0.00389 e. The summed E-state index contributed by atoms with van der Waals surface area (Å²) in [5.41, 5.74) is 5.88. The second-order valence-electron chi connectivity index (χ2n) is 11.2. The summed E-state index contributed by atoms with van der Waals surface area (Å²) in [4.78, 5) is 0. The molecule has 0 spiro atoms. The molecule has 0 aromatic carbocycles. The molecule has 3 rings (SSSR count). The van der Waals surface area contributed by atoms with Crippen molar-refractivity contribution >= 4 is 0 Å². The van der Waals surface area contributed by atoms with Crippen LogP contribution in [0.4, 0.5) is 0 Å². The highest BCUT2D eigenvalue weighted by atomic mass is 14.9. The van der Waals surface area contributed by atoms with Crippen LogP contribution in [0.15, 0.2) is 0 Å². The zero-order chi connectivity index (χ0) is 21.2. The van der Waals surface area contributed by atoms with Gasteiger partial charge in [-0.05, 0) is 101 Å². The molecule has 1 saturated heterocycles. The Morgan fingerprint density at radius 2 is 1.34 bits per heavy atom. The molecule has 3 aliphatic rings. The molecular formula is C26H53N3. The summed E-state index contributed by atoms with van der Waals surface area (Å²) >= 11 is 0. The second-order valence-corrected chi connectivity index (χ2v) is 11.2. The number of nitrogens with one attached hydrogen (secondary N) is 2. The number of hydrogen-bond acceptors (Lipinski definition) is 3. The van der Waals surface area contributed by atoms with Gasteiger partial charge in [-0.25, -0.2) is 0 Å². The third kappa shape index (κ3) is 9.27. The topological polar surface area (TPSA) is 50.1 Å². The van der Waals surface area contributed by atoms with E-state index in [-0.39, 0.29) is 0 Å². The Bertz CT molecular complexity index is 380. The quantitative estimate of drug-likeness (QED) is 0.538. The summed E-state index contributed by atoms with van der Waals surface area (Å²) < 4.78 is 0. The first-order valence-electron chi connectivity index (χ1n) is 13.1. The molecule has 3 heteroatoms. The normalized spacial score (nSPS) is 36.9. The third-order valence-electron chi connectivity index (χ3n) is 8.24. The Morgan fingerprint density at radius 1 is 0.793 bits per heavy atom. The fraction of sp³-hybridized carbons (Fsp3) is 1.00. The van der Waals surface area contributed by atoms with Crippen LogP contribution in [0.25, 0.3) is 0 Å². The van der Waals surface area contributed by atoms with Gasteiger partial charge < -0.3 is 16.4 Å². The van der Waals surface area contributed by atoms with E-state index in [1.165, 1.54) is 70.8 Å². The van der Waals surface area contributed by atoms with E-state index >= 15 is 0 Å². The zero-order valence-corrected chi connectivity index (χ0v) is 20.4. The summed E-state index contributed by atoms with van der Waals surface area (Å²) in [7, 11) is 0. The predicted molar refractivity (Wildman–Crippen MR) is 128 cm³/mol. The molecule has 29 heavy (non-hydrogen) atoms. The van der Waals surface area contributed by atoms with Crippen LogP contribution in [0.1, 0.15) is 98.8 Å². The Kier molecular flexibility index (Phi) is 11.6. The van der Waals surface area contributed by atoms with Crippen LogP contribution in [0.5, 0.6) is 0 Å². The number of hydrogen-bond donors (Lipinski definition) is 3. The average molecular weight is 408 g/mol. The molecule has 2 saturated carbocycles. The van der Waals surface area contributed by atoms with E-state index < -0.39 is 0 Å². The van der Waals surface area contributed by atoms with E-state index in [0.29, 0.717) is 12.0 Å². The summed E-state index contributed by atoms with van der Waals surface area (Å²) in [6.07, 6.45) is 14.4. The summed E-state index contributed by atoms with van der Waals surface area (Å²) in [6.45, 7) is 14.8. The van der Waals surface area contributed by atoms with E-state index in [1.54, 1.807) is 0 Å². The fourth-order valence-electron chi connectivity index (χ4n) is 5.77. The summed E-state index contributed by atoms with van der Waals surface area (Å²) in [6, 6.07) is 1.36. The van der Waals surface area contributed by atoms with Crippen LogP contribution < -0.4 is 16.4 Å². The summed E-state index contributed by atoms with van der Waals surface area (Å²) in [5, 5.41) is 7.17. The van der Waals surface area contributed by atoms with E-state index in [4.69, 9.17) is 5.73 Å². The van der Waals surface area contributed by atoms with Gasteiger partial charge in [-0.3, -0.25) is 0 Å². The van der Waals surface area contributed by atoms with E-state index in [2.05, 4.69) is 45.3 Å². The van der Waals surface area contributed by atoms with Crippen molar-refractivity contribution in [2.45, 2.75) is 111 Å². The lowest BCUT2D eigenvalue weighted by molar-refractivity contribution is 0.170. The van der Waals surface area contributed by atoms with Crippen molar-refractivity contribution in [3.63, 3.8) is 0 Å². The molecule has 1 aliphatic heterocycles. The Balaban J connectivity index is 0.000000207. The lowest BCUT2D eigenvalue weighted by Gasteiger charge is -2.37. The minimum absolute atomic E-state index is 0.585. The van der Waals surface area contributed by atoms with Gasteiger partial charge in [-0.1, -0.05) is 53.4 Å². The highest BCUT2D eigenvalue weighted by Gasteiger charge is 2.28. The van der Waals surface area contributed by atoms with Crippen molar-refractivity contribution in [1.82, 2.24) is 10.6 Å². The first-order chi connectivity index (χ1) is 13.9. The lowest BCUT2D eigenvalue weighted by atomic mass is 9.73. The Morgan fingerprint density at radius 3 is 1.83 bits per heavy atom. The smallest absolute Gasteiger partial charge is 0.00389 e. The van der Waals surface area contributed by atoms with Gasteiger partial charge in [0.15, 0.2) is 0 Å². The Hall–Kier alpha value is -0.120. The fourth-order valence-corrected chi connectivity index (χ4v) is 5.77. The second kappa shape index (κ2) is 13.3. The van der Waals surface area contributed by atoms with Crippen molar-refractivity contribution in [1.29, 1.82) is 0 Å². The van der Waals surface area contributed by atoms with Gasteiger partial charge in [0, 0.05) is 12.1 Å². The maximum absolute atomic E-state index is 5.88. The molecule has 172 valence electrons. The van der Waals surface area contributed by atoms with Crippen molar-refractivity contribution in [2.24, 2.45) is 41.2 Å². The van der Waals surface area contributed by atoms with Gasteiger partial charge in [0.2, 0.25) is 0 Å². The number of nitrogens with two attached hydrogens (primary N) is 1. The van der Waals surface area contributed by atoms with Crippen molar-refractivity contribution in [2.75, 3.05) is 19.6 Å². The molecule has 0 aromatic rings. The van der Waals surface area contributed by atoms with Crippen molar-refractivity contribution in [3.05, 3.63) is 0 Å². The standard InChI is InChI=1S/C13H28N2.C13H25N/c1-10(2)15-9-13(8-14)12-6-4-11(3)5-7-12;1-10-3-6-12(7-4-10)13-8-5-11(2)14-9-13/h10-13,15H,4-9,14H2,1-3H3;10-14H,3-9H2,1-2H3. The molecule has 3 atom stereocenters. The molecule has 0 amide bonds. The first-order valence-corrected chi connectivity index (χ1v) is 13.1. The van der Waals surface area contributed by atoms with Gasteiger partial charge in [0.25, 0.3) is 0 Å². The first kappa shape index (κ1) is 25.1. The number of piperidine rings is 1. The minimum Gasteiger partial charge on any atom is -0.330 e. The third-order valence-corrected chi connectivity index (χ3v) is 8.24. The molecule has 1 heterocycles. The zero-order valence-electron chi connectivity index (χ0n) is 20.4. The van der Waals surface area contributed by atoms with Gasteiger partial charge >= 0.3 is 0 Å². The highest BCUT2D eigenvalue weighted by Crippen LogP contribution is 2.36. The van der Waals surface area contributed by atoms with Crippen LogP contribution in [0.2, 0.25) is 0 Å². The van der Waals surface area contributed by atoms with Crippen LogP contribution >= 0.6 is 0 Å². The number of rotatable bonds is 6. The van der Waals surface area contributed by atoms with Gasteiger partial charge in [0.1, 0.15) is 0 Å². The molecule has 2 aliphatic carbocycles. The molecule has 0 aromatic heterocycles. The van der Waals surface area contributed by atoms with E-state index in [1.807, 2.05) is 0 Å².